The molecule has 0 radical (unpaired) electrons. The fraction of sp³-hybridized carbons (Fsp3) is 0.438. The molecule has 3 aromatic heterocycles. The van der Waals surface area contributed by atoms with Crippen LogP contribution in [0.3, 0.4) is 0 Å². The molecule has 3 aromatic rings. The average Bonchev–Trinajstić information content (AvgIpc) is 3.22. The van der Waals surface area contributed by atoms with Gasteiger partial charge in [0.05, 0.1) is 12.5 Å². The quantitative estimate of drug-likeness (QED) is 0.595. The van der Waals surface area contributed by atoms with Crippen molar-refractivity contribution in [3.05, 3.63) is 45.1 Å². The van der Waals surface area contributed by atoms with Gasteiger partial charge in [0.1, 0.15) is 0 Å². The van der Waals surface area contributed by atoms with Gasteiger partial charge in [-0.2, -0.15) is 5.10 Å². The Morgan fingerprint density at radius 3 is 2.58 bits per heavy atom. The third kappa shape index (κ3) is 3.05. The smallest absolute Gasteiger partial charge is 0.332 e. The Balaban J connectivity index is 1.76. The zero-order valence-corrected chi connectivity index (χ0v) is 15.2. The molecule has 3 heterocycles. The normalized spacial score (nSPS) is 11.2. The van der Waals surface area contributed by atoms with E-state index >= 15 is 0 Å². The lowest BCUT2D eigenvalue weighted by Gasteiger charge is -2.16. The van der Waals surface area contributed by atoms with E-state index in [1.165, 1.54) is 17.9 Å². The van der Waals surface area contributed by atoms with Gasteiger partial charge in [0, 0.05) is 59.5 Å². The lowest BCUT2D eigenvalue weighted by atomic mass is 10.3. The van der Waals surface area contributed by atoms with Gasteiger partial charge in [0.25, 0.3) is 5.56 Å². The summed E-state index contributed by atoms with van der Waals surface area (Å²) in [6, 6.07) is 0. The monoisotopic (exact) mass is 359 g/mol. The molecular weight excluding hydrogens is 338 g/mol. The van der Waals surface area contributed by atoms with Gasteiger partial charge in [0.15, 0.2) is 11.2 Å². The minimum Gasteiger partial charge on any atom is -0.341 e. The number of fused-ring (bicyclic) bond motifs is 1. The highest BCUT2D eigenvalue weighted by Gasteiger charge is 2.16. The van der Waals surface area contributed by atoms with Gasteiger partial charge in [0.2, 0.25) is 5.91 Å². The summed E-state index contributed by atoms with van der Waals surface area (Å²) in [4.78, 5) is 42.5. The first-order chi connectivity index (χ1) is 12.3. The van der Waals surface area contributed by atoms with E-state index < -0.39 is 11.2 Å². The van der Waals surface area contributed by atoms with Crippen LogP contribution in [0, 0.1) is 0 Å². The van der Waals surface area contributed by atoms with E-state index in [9.17, 15) is 14.4 Å². The molecular formula is C16H21N7O3. The molecule has 10 nitrogen and oxygen atoms in total. The lowest BCUT2D eigenvalue weighted by molar-refractivity contribution is -0.130. The number of aryl methyl sites for hydroxylation is 3. The maximum atomic E-state index is 12.4. The van der Waals surface area contributed by atoms with E-state index in [4.69, 9.17) is 0 Å². The maximum absolute atomic E-state index is 12.4. The predicted molar refractivity (Wildman–Crippen MR) is 94.5 cm³/mol. The lowest BCUT2D eigenvalue weighted by Crippen LogP contribution is -2.37. The molecule has 1 amide bonds. The number of nitrogens with zero attached hydrogens (tertiary/aromatic N) is 7. The molecule has 0 saturated carbocycles. The van der Waals surface area contributed by atoms with Crippen LogP contribution in [0.2, 0.25) is 0 Å². The molecule has 0 aliphatic carbocycles. The van der Waals surface area contributed by atoms with E-state index in [-0.39, 0.29) is 12.3 Å². The Bertz CT molecular complexity index is 1090. The topological polar surface area (TPSA) is 100.0 Å². The molecule has 0 saturated heterocycles. The van der Waals surface area contributed by atoms with Crippen LogP contribution in [0.25, 0.3) is 11.2 Å². The summed E-state index contributed by atoms with van der Waals surface area (Å²) >= 11 is 0. The maximum Gasteiger partial charge on any atom is 0.332 e. The van der Waals surface area contributed by atoms with Crippen molar-refractivity contribution in [3.8, 4) is 0 Å². The van der Waals surface area contributed by atoms with Crippen LogP contribution in [0.15, 0.2) is 28.3 Å². The van der Waals surface area contributed by atoms with Crippen LogP contribution in [0.5, 0.6) is 0 Å². The van der Waals surface area contributed by atoms with Crippen LogP contribution in [-0.2, 0) is 39.0 Å². The third-order valence-electron chi connectivity index (χ3n) is 4.39. The molecule has 0 aromatic carbocycles. The fourth-order valence-electron chi connectivity index (χ4n) is 2.89. The molecule has 10 heteroatoms. The predicted octanol–water partition coefficient (Wildman–Crippen LogP) is -0.784. The molecule has 3 rings (SSSR count). The summed E-state index contributed by atoms with van der Waals surface area (Å²) in [6.45, 7) is 0.772. The second kappa shape index (κ2) is 6.62. The van der Waals surface area contributed by atoms with Crippen molar-refractivity contribution in [2.75, 3.05) is 7.05 Å². The molecule has 0 bridgehead atoms. The number of carbonyl (C=O) groups excluding carboxylic acids is 1. The molecule has 138 valence electrons. The highest BCUT2D eigenvalue weighted by molar-refractivity contribution is 5.76. The second-order valence-electron chi connectivity index (χ2n) is 6.34. The van der Waals surface area contributed by atoms with Crippen molar-refractivity contribution in [1.29, 1.82) is 0 Å². The molecule has 0 spiro atoms. The molecule has 0 N–H and O–H groups in total. The summed E-state index contributed by atoms with van der Waals surface area (Å²) in [7, 11) is 6.54. The minimum absolute atomic E-state index is 0.0580. The first kappa shape index (κ1) is 17.6. The van der Waals surface area contributed by atoms with Crippen LogP contribution in [0.4, 0.5) is 0 Å². The van der Waals surface area contributed by atoms with Crippen LogP contribution >= 0.6 is 0 Å². The zero-order chi connectivity index (χ0) is 19.0. The Kier molecular flexibility index (Phi) is 4.49. The minimum atomic E-state index is -0.431. The van der Waals surface area contributed by atoms with Gasteiger partial charge in [-0.05, 0) is 0 Å². The van der Waals surface area contributed by atoms with Gasteiger partial charge < -0.3 is 9.47 Å². The largest absolute Gasteiger partial charge is 0.341 e. The second-order valence-corrected chi connectivity index (χ2v) is 6.34. The Hall–Kier alpha value is -3.17. The summed E-state index contributed by atoms with van der Waals surface area (Å²) < 4.78 is 5.67. The van der Waals surface area contributed by atoms with Gasteiger partial charge >= 0.3 is 5.69 Å². The van der Waals surface area contributed by atoms with Crippen molar-refractivity contribution in [1.82, 2.24) is 33.4 Å². The summed E-state index contributed by atoms with van der Waals surface area (Å²) in [5, 5.41) is 4.08. The van der Waals surface area contributed by atoms with Crippen molar-refractivity contribution >= 4 is 17.1 Å². The highest BCUT2D eigenvalue weighted by Crippen LogP contribution is 2.08. The van der Waals surface area contributed by atoms with Crippen molar-refractivity contribution in [2.24, 2.45) is 21.1 Å². The molecule has 0 aliphatic rings. The molecule has 0 unspecified atom stereocenters. The number of rotatable bonds is 5. The van der Waals surface area contributed by atoms with Crippen molar-refractivity contribution < 1.29 is 4.79 Å². The first-order valence-corrected chi connectivity index (χ1v) is 8.12. The third-order valence-corrected chi connectivity index (χ3v) is 4.39. The van der Waals surface area contributed by atoms with E-state index in [1.54, 1.807) is 34.4 Å². The number of imidazole rings is 1. The Morgan fingerprint density at radius 2 is 1.92 bits per heavy atom. The van der Waals surface area contributed by atoms with E-state index in [2.05, 4.69) is 10.1 Å². The average molecular weight is 359 g/mol. The van der Waals surface area contributed by atoms with Crippen LogP contribution < -0.4 is 11.2 Å². The summed E-state index contributed by atoms with van der Waals surface area (Å²) in [5.41, 5.74) is 0.726. The van der Waals surface area contributed by atoms with Crippen molar-refractivity contribution in [3.63, 3.8) is 0 Å². The van der Waals surface area contributed by atoms with Crippen LogP contribution in [-0.4, -0.2) is 46.3 Å². The van der Waals surface area contributed by atoms with Gasteiger partial charge in [-0.25, -0.2) is 9.78 Å². The number of hydrogen-bond acceptors (Lipinski definition) is 5. The standard InChI is InChI=1S/C16H21N7O3/c1-19(8-11-7-18-20(2)9-11)12(24)5-6-23-10-17-14-13(23)15(25)22(4)16(26)21(14)3/h7,9-10H,5-6,8H2,1-4H3. The highest BCUT2D eigenvalue weighted by atomic mass is 16.2. The number of amides is 1. The number of hydrogen-bond donors (Lipinski definition) is 0. The first-order valence-electron chi connectivity index (χ1n) is 8.12. The van der Waals surface area contributed by atoms with Crippen LogP contribution in [0.1, 0.15) is 12.0 Å². The zero-order valence-electron chi connectivity index (χ0n) is 15.2. The van der Waals surface area contributed by atoms with Gasteiger partial charge in [-0.1, -0.05) is 0 Å². The van der Waals surface area contributed by atoms with E-state index in [0.717, 1.165) is 10.1 Å². The van der Waals surface area contributed by atoms with E-state index in [1.807, 2.05) is 13.2 Å². The molecule has 26 heavy (non-hydrogen) atoms. The van der Waals surface area contributed by atoms with E-state index in [0.29, 0.717) is 24.3 Å². The Morgan fingerprint density at radius 1 is 1.19 bits per heavy atom. The summed E-state index contributed by atoms with van der Waals surface area (Å²) in [5.74, 6) is -0.0580. The van der Waals surface area contributed by atoms with Crippen molar-refractivity contribution in [2.45, 2.75) is 19.5 Å². The fourth-order valence-corrected chi connectivity index (χ4v) is 2.89. The van der Waals surface area contributed by atoms with Gasteiger partial charge in [-0.15, -0.1) is 0 Å². The SMILES string of the molecule is CN(Cc1cnn(C)c1)C(=O)CCn1cnc2c1c(=O)n(C)c(=O)n2C. The summed E-state index contributed by atoms with van der Waals surface area (Å²) in [6.07, 6.45) is 5.28. The Labute approximate surface area is 148 Å². The molecule has 0 fully saturated rings. The number of aromatic nitrogens is 6. The van der Waals surface area contributed by atoms with Gasteiger partial charge in [-0.3, -0.25) is 23.4 Å². The number of carbonyl (C=O) groups is 1. The molecule has 0 atom stereocenters. The molecule has 0 aliphatic heterocycles.